The van der Waals surface area contributed by atoms with E-state index in [9.17, 15) is 9.90 Å². The van der Waals surface area contributed by atoms with E-state index < -0.39 is 6.10 Å². The molecule has 1 atom stereocenters. The van der Waals surface area contributed by atoms with Gasteiger partial charge >= 0.3 is 0 Å². The van der Waals surface area contributed by atoms with Crippen LogP contribution < -0.4 is 14.9 Å². The van der Waals surface area contributed by atoms with Crippen LogP contribution in [0.4, 0.5) is 0 Å². The summed E-state index contributed by atoms with van der Waals surface area (Å²) in [5, 5.41) is 18.6. The zero-order valence-corrected chi connectivity index (χ0v) is 16.7. The Hall–Kier alpha value is -3.61. The van der Waals surface area contributed by atoms with E-state index in [4.69, 9.17) is 19.0 Å². The lowest BCUT2D eigenvalue weighted by Gasteiger charge is -2.11. The first-order chi connectivity index (χ1) is 15.2. The Morgan fingerprint density at radius 1 is 0.903 bits per heavy atom. The summed E-state index contributed by atoms with van der Waals surface area (Å²) in [6.45, 7) is -0.0453. The maximum atomic E-state index is 13.3. The molecule has 4 rings (SSSR count). The van der Waals surface area contributed by atoms with Crippen molar-refractivity contribution in [2.45, 2.75) is 12.7 Å². The maximum absolute atomic E-state index is 13.3. The molecule has 6 heteroatoms. The molecule has 158 valence electrons. The molecule has 31 heavy (non-hydrogen) atoms. The van der Waals surface area contributed by atoms with E-state index >= 15 is 0 Å². The van der Waals surface area contributed by atoms with E-state index in [1.165, 1.54) is 6.26 Å². The topological polar surface area (TPSA) is 89.1 Å². The van der Waals surface area contributed by atoms with Gasteiger partial charge in [-0.2, -0.15) is 0 Å². The average Bonchev–Trinajstić information content (AvgIpc) is 2.82. The molecule has 0 saturated carbocycles. The van der Waals surface area contributed by atoms with Crippen LogP contribution in [0.5, 0.6) is 11.5 Å². The Labute approximate surface area is 178 Å². The summed E-state index contributed by atoms with van der Waals surface area (Å²) >= 11 is 0. The third kappa shape index (κ3) is 4.77. The smallest absolute Gasteiger partial charge is 0.204 e. The molecule has 3 aromatic carbocycles. The first-order valence-corrected chi connectivity index (χ1v) is 9.89. The van der Waals surface area contributed by atoms with Crippen molar-refractivity contribution in [2.24, 2.45) is 0 Å². The molecule has 4 aromatic rings. The van der Waals surface area contributed by atoms with Gasteiger partial charge in [0.2, 0.25) is 5.43 Å². The van der Waals surface area contributed by atoms with Crippen molar-refractivity contribution in [2.75, 3.05) is 13.2 Å². The Balaban J connectivity index is 1.62. The van der Waals surface area contributed by atoms with Crippen LogP contribution in [0.2, 0.25) is 0 Å². The van der Waals surface area contributed by atoms with Crippen molar-refractivity contribution in [3.63, 3.8) is 0 Å². The van der Waals surface area contributed by atoms with Gasteiger partial charge in [0.05, 0.1) is 12.2 Å². The Bertz CT molecular complexity index is 1200. The minimum Gasteiger partial charge on any atom is -0.491 e. The summed E-state index contributed by atoms with van der Waals surface area (Å²) in [6, 6.07) is 21.9. The Morgan fingerprint density at radius 2 is 1.68 bits per heavy atom. The van der Waals surface area contributed by atoms with Gasteiger partial charge in [-0.05, 0) is 35.4 Å². The predicted octanol–water partition coefficient (Wildman–Crippen LogP) is 3.77. The predicted molar refractivity (Wildman–Crippen MR) is 117 cm³/mol. The lowest BCUT2D eigenvalue weighted by molar-refractivity contribution is 0.0536. The largest absolute Gasteiger partial charge is 0.491 e. The molecule has 1 aromatic heterocycles. The van der Waals surface area contributed by atoms with Crippen molar-refractivity contribution in [1.82, 2.24) is 0 Å². The van der Waals surface area contributed by atoms with Gasteiger partial charge in [-0.3, -0.25) is 4.79 Å². The first-order valence-electron chi connectivity index (χ1n) is 9.89. The van der Waals surface area contributed by atoms with E-state index in [1.54, 1.807) is 42.5 Å². The van der Waals surface area contributed by atoms with Crippen molar-refractivity contribution in [3.05, 3.63) is 94.8 Å². The number of fused-ring (bicyclic) bond motifs is 1. The van der Waals surface area contributed by atoms with Crippen molar-refractivity contribution >= 4 is 11.0 Å². The minimum absolute atomic E-state index is 0.0178. The molecular weight excluding hydrogens is 396 g/mol. The number of rotatable bonds is 8. The number of ether oxygens (including phenoxy) is 2. The second kappa shape index (κ2) is 9.47. The summed E-state index contributed by atoms with van der Waals surface area (Å²) in [5.74, 6) is 0.989. The molecule has 0 spiro atoms. The molecule has 2 N–H and O–H groups in total. The summed E-state index contributed by atoms with van der Waals surface area (Å²) in [7, 11) is 0. The number of aliphatic hydroxyl groups is 2. The van der Waals surface area contributed by atoms with E-state index in [0.717, 1.165) is 5.56 Å². The molecular formula is C25H22O6. The molecule has 1 unspecified atom stereocenters. The Morgan fingerprint density at radius 3 is 2.42 bits per heavy atom. The normalized spacial score (nSPS) is 11.9. The lowest BCUT2D eigenvalue weighted by Crippen LogP contribution is -2.21. The highest BCUT2D eigenvalue weighted by molar-refractivity contribution is 5.87. The number of hydrogen-bond acceptors (Lipinski definition) is 6. The first kappa shape index (κ1) is 20.7. The van der Waals surface area contributed by atoms with Gasteiger partial charge in [-0.15, -0.1) is 0 Å². The minimum atomic E-state index is -0.943. The molecule has 0 aliphatic rings. The van der Waals surface area contributed by atoms with Crippen LogP contribution in [-0.2, 0) is 6.61 Å². The quantitative estimate of drug-likeness (QED) is 0.453. The summed E-state index contributed by atoms with van der Waals surface area (Å²) < 4.78 is 17.1. The van der Waals surface area contributed by atoms with Gasteiger partial charge in [0.1, 0.15) is 48.0 Å². The van der Waals surface area contributed by atoms with E-state index in [0.29, 0.717) is 40.2 Å². The second-order valence-corrected chi connectivity index (χ2v) is 7.05. The summed E-state index contributed by atoms with van der Waals surface area (Å²) in [4.78, 5) is 13.3. The van der Waals surface area contributed by atoms with Crippen molar-refractivity contribution in [1.29, 1.82) is 0 Å². The zero-order chi connectivity index (χ0) is 21.6. The van der Waals surface area contributed by atoms with Crippen LogP contribution in [0, 0.1) is 0 Å². The molecule has 0 bridgehead atoms. The zero-order valence-electron chi connectivity index (χ0n) is 16.7. The summed E-state index contributed by atoms with van der Waals surface area (Å²) in [5.41, 5.74) is 2.35. The van der Waals surface area contributed by atoms with Crippen LogP contribution in [0.3, 0.4) is 0 Å². The third-order valence-electron chi connectivity index (χ3n) is 4.82. The highest BCUT2D eigenvalue weighted by atomic mass is 16.5. The van der Waals surface area contributed by atoms with Crippen LogP contribution in [0.25, 0.3) is 22.1 Å². The average molecular weight is 418 g/mol. The molecule has 1 heterocycles. The van der Waals surface area contributed by atoms with Gasteiger partial charge in [-0.25, -0.2) is 0 Å². The molecule has 0 fully saturated rings. The van der Waals surface area contributed by atoms with Crippen LogP contribution in [0.1, 0.15) is 5.56 Å². The second-order valence-electron chi connectivity index (χ2n) is 7.05. The highest BCUT2D eigenvalue weighted by Crippen LogP contribution is 2.27. The molecule has 0 aliphatic carbocycles. The summed E-state index contributed by atoms with van der Waals surface area (Å²) in [6.07, 6.45) is 0.498. The lowest BCUT2D eigenvalue weighted by atomic mass is 10.0. The SMILES string of the molecule is O=c1c(-c2ccc(OCC(O)CO)cc2)coc2cccc(OCc3ccccc3)c12. The van der Waals surface area contributed by atoms with Crippen molar-refractivity contribution in [3.8, 4) is 22.6 Å². The van der Waals surface area contributed by atoms with Gasteiger partial charge in [0.15, 0.2) is 0 Å². The third-order valence-corrected chi connectivity index (χ3v) is 4.82. The fourth-order valence-electron chi connectivity index (χ4n) is 3.17. The highest BCUT2D eigenvalue weighted by Gasteiger charge is 2.14. The van der Waals surface area contributed by atoms with Crippen LogP contribution >= 0.6 is 0 Å². The van der Waals surface area contributed by atoms with E-state index in [-0.39, 0.29) is 18.6 Å². The molecule has 6 nitrogen and oxygen atoms in total. The maximum Gasteiger partial charge on any atom is 0.204 e. The number of hydrogen-bond donors (Lipinski definition) is 2. The van der Waals surface area contributed by atoms with Gasteiger partial charge in [0, 0.05) is 0 Å². The molecule has 0 amide bonds. The van der Waals surface area contributed by atoms with Crippen LogP contribution in [-0.4, -0.2) is 29.5 Å². The molecule has 0 aliphatic heterocycles. The van der Waals surface area contributed by atoms with E-state index in [1.807, 2.05) is 30.3 Å². The fourth-order valence-corrected chi connectivity index (χ4v) is 3.17. The fraction of sp³-hybridized carbons (Fsp3) is 0.160. The number of aliphatic hydroxyl groups excluding tert-OH is 2. The van der Waals surface area contributed by atoms with Gasteiger partial charge in [0.25, 0.3) is 0 Å². The Kier molecular flexibility index (Phi) is 6.31. The van der Waals surface area contributed by atoms with Gasteiger partial charge in [-0.1, -0.05) is 48.5 Å². The van der Waals surface area contributed by atoms with Crippen LogP contribution in [0.15, 0.2) is 88.3 Å². The molecule has 0 radical (unpaired) electrons. The molecule has 0 saturated heterocycles. The van der Waals surface area contributed by atoms with Crippen molar-refractivity contribution < 1.29 is 24.1 Å². The van der Waals surface area contributed by atoms with E-state index in [2.05, 4.69) is 0 Å². The standard InChI is InChI=1S/C25H22O6/c26-13-19(27)15-29-20-11-9-18(10-12-20)21-16-31-23-8-4-7-22(24(23)25(21)28)30-14-17-5-2-1-3-6-17/h1-12,16,19,26-27H,13-15H2. The number of benzene rings is 3. The monoisotopic (exact) mass is 418 g/mol. The van der Waals surface area contributed by atoms with Gasteiger partial charge < -0.3 is 24.1 Å².